The van der Waals surface area contributed by atoms with Gasteiger partial charge in [0.2, 0.25) is 0 Å². The Morgan fingerprint density at radius 3 is 2.32 bits per heavy atom. The second-order valence-corrected chi connectivity index (χ2v) is 8.78. The normalized spacial score (nSPS) is 37.1. The van der Waals surface area contributed by atoms with E-state index in [1.54, 1.807) is 6.07 Å². The zero-order valence-electron chi connectivity index (χ0n) is 11.1. The maximum atomic E-state index is 11.9. The molecule has 1 aliphatic heterocycles. The molecule has 1 N–H and O–H groups in total. The van der Waals surface area contributed by atoms with Gasteiger partial charge in [-0.3, -0.25) is 0 Å². The molecule has 4 aliphatic rings. The largest absolute Gasteiger partial charge is 0.316 e. The Bertz CT molecular complexity index is 626. The van der Waals surface area contributed by atoms with Gasteiger partial charge in [0, 0.05) is 6.26 Å². The molecule has 3 aliphatic carbocycles. The van der Waals surface area contributed by atoms with Gasteiger partial charge in [-0.05, 0) is 60.7 Å². The highest BCUT2D eigenvalue weighted by Gasteiger charge is 2.71. The third-order valence-electron chi connectivity index (χ3n) is 5.58. The Balaban J connectivity index is 1.66. The fourth-order valence-corrected chi connectivity index (χ4v) is 5.54. The van der Waals surface area contributed by atoms with Gasteiger partial charge in [0.25, 0.3) is 0 Å². The third kappa shape index (κ3) is 1.44. The number of sulfone groups is 1. The van der Waals surface area contributed by atoms with Crippen molar-refractivity contribution in [1.82, 2.24) is 5.32 Å². The third-order valence-corrected chi connectivity index (χ3v) is 6.73. The van der Waals surface area contributed by atoms with Crippen molar-refractivity contribution < 1.29 is 8.42 Å². The quantitative estimate of drug-likeness (QED) is 0.915. The monoisotopic (exact) mass is 277 g/mol. The summed E-state index contributed by atoms with van der Waals surface area (Å²) in [6.07, 6.45) is 4.90. The van der Waals surface area contributed by atoms with Gasteiger partial charge in [0.05, 0.1) is 4.90 Å². The molecule has 1 aromatic carbocycles. The number of nitrogens with one attached hydrogen (secondary N) is 1. The van der Waals surface area contributed by atoms with Crippen molar-refractivity contribution in [3.63, 3.8) is 0 Å². The van der Waals surface area contributed by atoms with Crippen LogP contribution in [0.25, 0.3) is 0 Å². The van der Waals surface area contributed by atoms with Gasteiger partial charge >= 0.3 is 0 Å². The van der Waals surface area contributed by atoms with Crippen LogP contribution in [-0.4, -0.2) is 27.8 Å². The summed E-state index contributed by atoms with van der Waals surface area (Å²) in [5, 5.41) is 3.35. The summed E-state index contributed by atoms with van der Waals surface area (Å²) in [4.78, 5) is 0.551. The van der Waals surface area contributed by atoms with E-state index in [1.165, 1.54) is 25.5 Å². The van der Waals surface area contributed by atoms with E-state index >= 15 is 0 Å². The van der Waals surface area contributed by atoms with E-state index in [4.69, 9.17) is 0 Å². The highest BCUT2D eigenvalue weighted by atomic mass is 32.2. The SMILES string of the molecule is CS(=O)(=O)c1ccccc1C12CC(C3CNC3)(C1)C2. The second kappa shape index (κ2) is 3.41. The van der Waals surface area contributed by atoms with E-state index in [0.29, 0.717) is 10.3 Å². The molecule has 0 unspecified atom stereocenters. The average Bonchev–Trinajstić information content (AvgIpc) is 2.17. The summed E-state index contributed by atoms with van der Waals surface area (Å²) in [6, 6.07) is 7.60. The number of hydrogen-bond acceptors (Lipinski definition) is 3. The fourth-order valence-electron chi connectivity index (χ4n) is 4.53. The van der Waals surface area contributed by atoms with Crippen LogP contribution in [0.1, 0.15) is 24.8 Å². The zero-order chi connectivity index (χ0) is 13.3. The lowest BCUT2D eigenvalue weighted by Gasteiger charge is -2.75. The van der Waals surface area contributed by atoms with Crippen LogP contribution in [0.3, 0.4) is 0 Å². The maximum absolute atomic E-state index is 11.9. The molecule has 1 saturated heterocycles. The minimum absolute atomic E-state index is 0.176. The molecule has 0 atom stereocenters. The minimum atomic E-state index is -3.11. The van der Waals surface area contributed by atoms with Crippen LogP contribution in [0.4, 0.5) is 0 Å². The van der Waals surface area contributed by atoms with Crippen molar-refractivity contribution >= 4 is 9.84 Å². The van der Waals surface area contributed by atoms with Gasteiger partial charge < -0.3 is 5.32 Å². The van der Waals surface area contributed by atoms with Crippen LogP contribution in [0.15, 0.2) is 29.2 Å². The summed E-state index contributed by atoms with van der Waals surface area (Å²) >= 11 is 0. The molecule has 1 heterocycles. The lowest BCUT2D eigenvalue weighted by atomic mass is 9.30. The lowest BCUT2D eigenvalue weighted by molar-refractivity contribution is -0.192. The van der Waals surface area contributed by atoms with E-state index in [-0.39, 0.29) is 5.41 Å². The smallest absolute Gasteiger partial charge is 0.175 e. The van der Waals surface area contributed by atoms with Gasteiger partial charge in [0.1, 0.15) is 0 Å². The molecule has 19 heavy (non-hydrogen) atoms. The molecule has 2 bridgehead atoms. The Kier molecular flexibility index (Phi) is 2.14. The van der Waals surface area contributed by atoms with Crippen molar-refractivity contribution in [3.05, 3.63) is 29.8 Å². The van der Waals surface area contributed by atoms with Crippen molar-refractivity contribution in [2.75, 3.05) is 19.3 Å². The lowest BCUT2D eigenvalue weighted by Crippen LogP contribution is -2.72. The molecular formula is C15H19NO2S. The van der Waals surface area contributed by atoms with E-state index in [0.717, 1.165) is 24.6 Å². The summed E-state index contributed by atoms with van der Waals surface area (Å²) in [6.45, 7) is 2.31. The fraction of sp³-hybridized carbons (Fsp3) is 0.600. The van der Waals surface area contributed by atoms with Crippen LogP contribution < -0.4 is 5.32 Å². The molecule has 1 aromatic rings. The molecule has 3 saturated carbocycles. The van der Waals surface area contributed by atoms with E-state index in [9.17, 15) is 8.42 Å². The molecule has 0 aromatic heterocycles. The van der Waals surface area contributed by atoms with Crippen molar-refractivity contribution in [2.24, 2.45) is 11.3 Å². The zero-order valence-corrected chi connectivity index (χ0v) is 12.0. The van der Waals surface area contributed by atoms with Crippen LogP contribution >= 0.6 is 0 Å². The standard InChI is InChI=1S/C15H19NO2S/c1-19(17,18)13-5-3-2-4-12(13)15-8-14(9-15,10-15)11-6-16-7-11/h2-5,11,16H,6-10H2,1H3. The Morgan fingerprint density at radius 1 is 1.16 bits per heavy atom. The van der Waals surface area contributed by atoms with Crippen molar-refractivity contribution in [1.29, 1.82) is 0 Å². The molecule has 4 fully saturated rings. The van der Waals surface area contributed by atoms with Gasteiger partial charge in [-0.2, -0.15) is 0 Å². The summed E-state index contributed by atoms with van der Waals surface area (Å²) in [5.74, 6) is 0.833. The molecule has 4 heteroatoms. The van der Waals surface area contributed by atoms with Gasteiger partial charge in [-0.25, -0.2) is 8.42 Å². The van der Waals surface area contributed by atoms with Crippen LogP contribution in [-0.2, 0) is 15.3 Å². The van der Waals surface area contributed by atoms with Gasteiger partial charge in [-0.15, -0.1) is 0 Å². The van der Waals surface area contributed by atoms with Crippen LogP contribution in [0, 0.1) is 11.3 Å². The topological polar surface area (TPSA) is 46.2 Å². The molecule has 0 radical (unpaired) electrons. The number of hydrogen-bond donors (Lipinski definition) is 1. The summed E-state index contributed by atoms with van der Waals surface area (Å²) in [5.41, 5.74) is 1.79. The number of rotatable bonds is 3. The second-order valence-electron chi connectivity index (χ2n) is 6.80. The molecule has 102 valence electrons. The van der Waals surface area contributed by atoms with Crippen LogP contribution in [0.5, 0.6) is 0 Å². The van der Waals surface area contributed by atoms with E-state index in [1.807, 2.05) is 18.2 Å². The highest BCUT2D eigenvalue weighted by Crippen LogP contribution is 2.77. The number of benzene rings is 1. The summed E-state index contributed by atoms with van der Waals surface area (Å²) in [7, 11) is -3.11. The van der Waals surface area contributed by atoms with Gasteiger partial charge in [-0.1, -0.05) is 18.2 Å². The minimum Gasteiger partial charge on any atom is -0.316 e. The first-order valence-corrected chi connectivity index (χ1v) is 8.85. The molecule has 5 rings (SSSR count). The molecule has 3 nitrogen and oxygen atoms in total. The Morgan fingerprint density at radius 2 is 1.79 bits per heavy atom. The van der Waals surface area contributed by atoms with Crippen molar-refractivity contribution in [3.8, 4) is 0 Å². The molecule has 0 spiro atoms. The molecule has 0 amide bonds. The maximum Gasteiger partial charge on any atom is 0.175 e. The summed E-state index contributed by atoms with van der Waals surface area (Å²) < 4.78 is 23.9. The first-order chi connectivity index (χ1) is 8.95. The first kappa shape index (κ1) is 11.9. The first-order valence-electron chi connectivity index (χ1n) is 6.96. The van der Waals surface area contributed by atoms with Crippen molar-refractivity contribution in [2.45, 2.75) is 29.6 Å². The predicted octanol–water partition coefficient (Wildman–Crippen LogP) is 1.73. The van der Waals surface area contributed by atoms with E-state index < -0.39 is 9.84 Å². The Hall–Kier alpha value is -0.870. The van der Waals surface area contributed by atoms with Gasteiger partial charge in [0.15, 0.2) is 9.84 Å². The predicted molar refractivity (Wildman–Crippen MR) is 73.9 cm³/mol. The average molecular weight is 277 g/mol. The highest BCUT2D eigenvalue weighted by molar-refractivity contribution is 7.90. The van der Waals surface area contributed by atoms with E-state index in [2.05, 4.69) is 5.32 Å². The molecular weight excluding hydrogens is 258 g/mol. The Labute approximate surface area is 114 Å². The van der Waals surface area contributed by atoms with Crippen LogP contribution in [0.2, 0.25) is 0 Å².